The fraction of sp³-hybridized carbons (Fsp3) is 0.235. The Morgan fingerprint density at radius 1 is 0.444 bits per heavy atom. The van der Waals surface area contributed by atoms with Gasteiger partial charge in [-0.15, -0.1) is 0 Å². The summed E-state index contributed by atoms with van der Waals surface area (Å²) >= 11 is 0. The SMILES string of the molecule is CCCCOc1ccc(C(=C(c2ccccc2)c2ccc(OCCCC)cc2)c2ccccc2)cc1. The van der Waals surface area contributed by atoms with Gasteiger partial charge in [-0.25, -0.2) is 0 Å². The minimum atomic E-state index is 0.749. The van der Waals surface area contributed by atoms with E-state index < -0.39 is 0 Å². The molecule has 4 aromatic rings. The molecule has 0 radical (unpaired) electrons. The van der Waals surface area contributed by atoms with Crippen LogP contribution in [0.15, 0.2) is 109 Å². The monoisotopic (exact) mass is 476 g/mol. The molecule has 0 aliphatic carbocycles. The molecule has 36 heavy (non-hydrogen) atoms. The standard InChI is InChI=1S/C34H36O2/c1-3-5-25-35-31-21-17-29(18-22-31)33(27-13-9-7-10-14-27)34(28-15-11-8-12-16-28)30-19-23-32(24-20-30)36-26-6-4-2/h7-24H,3-6,25-26H2,1-2H3. The fourth-order valence-electron chi connectivity index (χ4n) is 4.22. The smallest absolute Gasteiger partial charge is 0.119 e. The number of unbranched alkanes of at least 4 members (excludes halogenated alkanes) is 2. The third-order valence-corrected chi connectivity index (χ3v) is 6.19. The zero-order valence-corrected chi connectivity index (χ0v) is 21.5. The molecule has 4 rings (SSSR count). The van der Waals surface area contributed by atoms with Gasteiger partial charge in [0.1, 0.15) is 11.5 Å². The molecular weight excluding hydrogens is 440 g/mol. The van der Waals surface area contributed by atoms with Crippen LogP contribution in [-0.2, 0) is 0 Å². The van der Waals surface area contributed by atoms with Crippen LogP contribution in [0.25, 0.3) is 11.1 Å². The molecular formula is C34H36O2. The van der Waals surface area contributed by atoms with Gasteiger partial charge in [-0.05, 0) is 70.5 Å². The predicted octanol–water partition coefficient (Wildman–Crippen LogP) is 9.05. The van der Waals surface area contributed by atoms with Crippen LogP contribution in [-0.4, -0.2) is 13.2 Å². The van der Waals surface area contributed by atoms with Gasteiger partial charge < -0.3 is 9.47 Å². The summed E-state index contributed by atoms with van der Waals surface area (Å²) in [5.74, 6) is 1.82. The van der Waals surface area contributed by atoms with Crippen molar-refractivity contribution in [2.45, 2.75) is 39.5 Å². The average Bonchev–Trinajstić information content (AvgIpc) is 2.94. The summed E-state index contributed by atoms with van der Waals surface area (Å²) < 4.78 is 11.9. The number of hydrogen-bond donors (Lipinski definition) is 0. The number of rotatable bonds is 12. The van der Waals surface area contributed by atoms with Gasteiger partial charge in [-0.1, -0.05) is 112 Å². The number of hydrogen-bond acceptors (Lipinski definition) is 2. The molecule has 4 aromatic carbocycles. The van der Waals surface area contributed by atoms with Gasteiger partial charge in [0, 0.05) is 0 Å². The lowest BCUT2D eigenvalue weighted by Gasteiger charge is -2.19. The molecule has 0 aliphatic heterocycles. The van der Waals surface area contributed by atoms with Gasteiger partial charge in [0.25, 0.3) is 0 Å². The van der Waals surface area contributed by atoms with Crippen molar-refractivity contribution in [2.75, 3.05) is 13.2 Å². The topological polar surface area (TPSA) is 18.5 Å². The molecule has 184 valence electrons. The van der Waals surface area contributed by atoms with Crippen molar-refractivity contribution in [2.24, 2.45) is 0 Å². The van der Waals surface area contributed by atoms with Crippen molar-refractivity contribution in [3.05, 3.63) is 131 Å². The van der Waals surface area contributed by atoms with E-state index in [1.807, 2.05) is 0 Å². The highest BCUT2D eigenvalue weighted by Crippen LogP contribution is 2.37. The fourth-order valence-corrected chi connectivity index (χ4v) is 4.22. The van der Waals surface area contributed by atoms with Crippen molar-refractivity contribution in [1.82, 2.24) is 0 Å². The second kappa shape index (κ2) is 13.3. The average molecular weight is 477 g/mol. The van der Waals surface area contributed by atoms with Crippen LogP contribution < -0.4 is 9.47 Å². The molecule has 0 aliphatic rings. The quantitative estimate of drug-likeness (QED) is 0.150. The van der Waals surface area contributed by atoms with E-state index in [0.29, 0.717) is 0 Å². The maximum Gasteiger partial charge on any atom is 0.119 e. The Kier molecular flexibility index (Phi) is 9.39. The number of ether oxygens (including phenoxy) is 2. The minimum Gasteiger partial charge on any atom is -0.494 e. The van der Waals surface area contributed by atoms with E-state index in [2.05, 4.69) is 123 Å². The predicted molar refractivity (Wildman–Crippen MR) is 152 cm³/mol. The Balaban J connectivity index is 1.82. The third kappa shape index (κ3) is 6.66. The van der Waals surface area contributed by atoms with Crippen LogP contribution in [0.5, 0.6) is 11.5 Å². The number of benzene rings is 4. The zero-order valence-electron chi connectivity index (χ0n) is 21.5. The van der Waals surface area contributed by atoms with Gasteiger partial charge in [0.15, 0.2) is 0 Å². The summed E-state index contributed by atoms with van der Waals surface area (Å²) in [6, 6.07) is 38.3. The maximum atomic E-state index is 5.94. The van der Waals surface area contributed by atoms with Crippen molar-refractivity contribution >= 4 is 11.1 Å². The molecule has 0 unspecified atom stereocenters. The van der Waals surface area contributed by atoms with Crippen LogP contribution in [0.2, 0.25) is 0 Å². The van der Waals surface area contributed by atoms with Gasteiger partial charge in [-0.3, -0.25) is 0 Å². The molecule has 0 saturated heterocycles. The molecule has 0 aromatic heterocycles. The van der Waals surface area contributed by atoms with Crippen molar-refractivity contribution < 1.29 is 9.47 Å². The van der Waals surface area contributed by atoms with Crippen molar-refractivity contribution in [3.63, 3.8) is 0 Å². The first kappa shape index (κ1) is 25.3. The summed E-state index contributed by atoms with van der Waals surface area (Å²) in [6.07, 6.45) is 4.38. The zero-order chi connectivity index (χ0) is 25.0. The van der Waals surface area contributed by atoms with Crippen LogP contribution >= 0.6 is 0 Å². The van der Waals surface area contributed by atoms with E-state index in [4.69, 9.17) is 9.47 Å². The van der Waals surface area contributed by atoms with E-state index in [-0.39, 0.29) is 0 Å². The largest absolute Gasteiger partial charge is 0.494 e. The van der Waals surface area contributed by atoms with Crippen LogP contribution in [0, 0.1) is 0 Å². The molecule has 0 heterocycles. The Morgan fingerprint density at radius 3 is 1.11 bits per heavy atom. The second-order valence-electron chi connectivity index (χ2n) is 8.93. The lowest BCUT2D eigenvalue weighted by Crippen LogP contribution is -2.00. The van der Waals surface area contributed by atoms with E-state index >= 15 is 0 Å². The molecule has 0 spiro atoms. The van der Waals surface area contributed by atoms with E-state index in [0.717, 1.165) is 61.5 Å². The maximum absolute atomic E-state index is 5.94. The van der Waals surface area contributed by atoms with Gasteiger partial charge >= 0.3 is 0 Å². The lowest BCUT2D eigenvalue weighted by molar-refractivity contribution is 0.309. The summed E-state index contributed by atoms with van der Waals surface area (Å²) in [5, 5.41) is 0. The summed E-state index contributed by atoms with van der Waals surface area (Å²) in [4.78, 5) is 0. The Bertz CT molecular complexity index is 1110. The Hall–Kier alpha value is -3.78. The summed E-state index contributed by atoms with van der Waals surface area (Å²) in [5.41, 5.74) is 7.07. The normalized spacial score (nSPS) is 11.6. The van der Waals surface area contributed by atoms with Crippen molar-refractivity contribution in [1.29, 1.82) is 0 Å². The summed E-state index contributed by atoms with van der Waals surface area (Å²) in [7, 11) is 0. The molecule has 2 heteroatoms. The van der Waals surface area contributed by atoms with E-state index in [9.17, 15) is 0 Å². The van der Waals surface area contributed by atoms with Gasteiger partial charge in [0.05, 0.1) is 13.2 Å². The van der Waals surface area contributed by atoms with Crippen LogP contribution in [0.3, 0.4) is 0 Å². The molecule has 0 fully saturated rings. The molecule has 0 amide bonds. The van der Waals surface area contributed by atoms with Gasteiger partial charge in [-0.2, -0.15) is 0 Å². The highest BCUT2D eigenvalue weighted by atomic mass is 16.5. The lowest BCUT2D eigenvalue weighted by atomic mass is 9.86. The van der Waals surface area contributed by atoms with Gasteiger partial charge in [0.2, 0.25) is 0 Å². The first-order chi connectivity index (χ1) is 17.8. The molecule has 2 nitrogen and oxygen atoms in total. The first-order valence-corrected chi connectivity index (χ1v) is 13.1. The van der Waals surface area contributed by atoms with Crippen LogP contribution in [0.1, 0.15) is 61.8 Å². The minimum absolute atomic E-state index is 0.749. The van der Waals surface area contributed by atoms with Crippen LogP contribution in [0.4, 0.5) is 0 Å². The molecule has 0 bridgehead atoms. The second-order valence-corrected chi connectivity index (χ2v) is 8.93. The highest BCUT2D eigenvalue weighted by Gasteiger charge is 2.16. The summed E-state index contributed by atoms with van der Waals surface area (Å²) in [6.45, 7) is 5.86. The van der Waals surface area contributed by atoms with E-state index in [1.165, 1.54) is 22.3 Å². The molecule has 0 N–H and O–H groups in total. The molecule has 0 atom stereocenters. The first-order valence-electron chi connectivity index (χ1n) is 13.1. The Labute approximate surface area is 216 Å². The Morgan fingerprint density at radius 2 is 0.778 bits per heavy atom. The van der Waals surface area contributed by atoms with E-state index in [1.54, 1.807) is 0 Å². The highest BCUT2D eigenvalue weighted by molar-refractivity contribution is 6.04. The van der Waals surface area contributed by atoms with Crippen molar-refractivity contribution in [3.8, 4) is 11.5 Å². The third-order valence-electron chi connectivity index (χ3n) is 6.19. The molecule has 0 saturated carbocycles.